The Labute approximate surface area is 111 Å². The van der Waals surface area contributed by atoms with Crippen LogP contribution in [0.1, 0.15) is 26.4 Å². The molecular weight excluding hydrogens is 300 g/mol. The molecule has 1 aromatic carbocycles. The van der Waals surface area contributed by atoms with E-state index in [1.165, 1.54) is 10.9 Å². The van der Waals surface area contributed by atoms with Gasteiger partial charge in [0.2, 0.25) is 0 Å². The Hall–Kier alpha value is -1.95. The summed E-state index contributed by atoms with van der Waals surface area (Å²) in [5.74, 6) is -1.22. The second kappa shape index (κ2) is 4.73. The number of halogens is 1. The Morgan fingerprint density at radius 2 is 2.22 bits per heavy atom. The van der Waals surface area contributed by atoms with E-state index in [4.69, 9.17) is 5.11 Å². The number of nitrogens with zero attached hydrogens (tertiary/aromatic N) is 2. The normalized spacial score (nSPS) is 10.3. The van der Waals surface area contributed by atoms with Gasteiger partial charge in [0.1, 0.15) is 0 Å². The maximum Gasteiger partial charge on any atom is 0.357 e. The quantitative estimate of drug-likeness (QED) is 0.884. The van der Waals surface area contributed by atoms with Crippen LogP contribution in [0.5, 0.6) is 0 Å². The molecule has 1 N–H and O–H groups in total. The molecule has 0 fully saturated rings. The molecule has 0 aliphatic carbocycles. The number of aromatic carboxylic acids is 1. The van der Waals surface area contributed by atoms with Crippen molar-refractivity contribution in [3.8, 4) is 5.69 Å². The smallest absolute Gasteiger partial charge is 0.357 e. The van der Waals surface area contributed by atoms with Crippen molar-refractivity contribution in [1.29, 1.82) is 0 Å². The van der Waals surface area contributed by atoms with Gasteiger partial charge in [0.05, 0.1) is 11.3 Å². The van der Waals surface area contributed by atoms with E-state index in [0.717, 1.165) is 10.0 Å². The summed E-state index contributed by atoms with van der Waals surface area (Å²) in [7, 11) is 0. The van der Waals surface area contributed by atoms with Gasteiger partial charge in [-0.3, -0.25) is 4.79 Å². The zero-order chi connectivity index (χ0) is 13.3. The van der Waals surface area contributed by atoms with Gasteiger partial charge in [-0.1, -0.05) is 6.07 Å². The number of hydrogen-bond donors (Lipinski definition) is 1. The highest BCUT2D eigenvalue weighted by Crippen LogP contribution is 2.22. The van der Waals surface area contributed by atoms with Crippen molar-refractivity contribution in [3.63, 3.8) is 0 Å². The Bertz CT molecular complexity index is 634. The molecule has 0 amide bonds. The number of aromatic nitrogens is 2. The summed E-state index contributed by atoms with van der Waals surface area (Å²) < 4.78 is 2.15. The van der Waals surface area contributed by atoms with Crippen molar-refractivity contribution in [3.05, 3.63) is 45.7 Å². The molecule has 6 heteroatoms. The fourth-order valence-electron chi connectivity index (χ4n) is 1.56. The number of carboxylic acid groups (broad SMARTS) is 1. The fraction of sp³-hybridized carbons (Fsp3) is 0.0833. The molecule has 1 aromatic heterocycles. The zero-order valence-corrected chi connectivity index (χ0v) is 11.0. The summed E-state index contributed by atoms with van der Waals surface area (Å²) in [5, 5.41) is 12.8. The Balaban J connectivity index is 2.58. The molecular formula is C12H9BrN2O3. The Kier molecular flexibility index (Phi) is 3.29. The lowest BCUT2D eigenvalue weighted by Gasteiger charge is -2.04. The zero-order valence-electron chi connectivity index (χ0n) is 9.42. The van der Waals surface area contributed by atoms with Gasteiger partial charge in [-0.05, 0) is 40.5 Å². The minimum atomic E-state index is -1.22. The topological polar surface area (TPSA) is 72.2 Å². The van der Waals surface area contributed by atoms with E-state index in [9.17, 15) is 9.59 Å². The van der Waals surface area contributed by atoms with Crippen LogP contribution in [0.15, 0.2) is 28.9 Å². The number of carbonyl (C=O) groups is 2. The first kappa shape index (κ1) is 12.5. The summed E-state index contributed by atoms with van der Waals surface area (Å²) in [5.41, 5.74) is 1.54. The second-order valence-electron chi connectivity index (χ2n) is 3.76. The first-order valence-corrected chi connectivity index (χ1v) is 5.87. The number of benzene rings is 1. The van der Waals surface area contributed by atoms with E-state index in [1.807, 2.05) is 19.1 Å². The molecule has 0 saturated carbocycles. The van der Waals surface area contributed by atoms with E-state index >= 15 is 0 Å². The summed E-state index contributed by atoms with van der Waals surface area (Å²) in [6, 6.07) is 5.56. The maximum absolute atomic E-state index is 10.9. The van der Waals surface area contributed by atoms with Gasteiger partial charge in [-0.2, -0.15) is 5.10 Å². The lowest BCUT2D eigenvalue weighted by molar-refractivity contribution is 0.0687. The number of carboxylic acids is 1. The molecule has 0 saturated heterocycles. The highest BCUT2D eigenvalue weighted by Gasteiger charge is 2.16. The van der Waals surface area contributed by atoms with Crippen LogP contribution in [0.2, 0.25) is 0 Å². The molecule has 0 radical (unpaired) electrons. The molecule has 0 aliphatic rings. The van der Waals surface area contributed by atoms with E-state index in [1.54, 1.807) is 6.07 Å². The van der Waals surface area contributed by atoms with Crippen LogP contribution < -0.4 is 0 Å². The third-order valence-corrected chi connectivity index (χ3v) is 3.06. The predicted molar refractivity (Wildman–Crippen MR) is 68.3 cm³/mol. The third kappa shape index (κ3) is 2.19. The highest BCUT2D eigenvalue weighted by atomic mass is 79.9. The first-order valence-electron chi connectivity index (χ1n) is 5.07. The van der Waals surface area contributed by atoms with Gasteiger partial charge in [-0.15, -0.1) is 0 Å². The van der Waals surface area contributed by atoms with Crippen LogP contribution in [-0.2, 0) is 0 Å². The van der Waals surface area contributed by atoms with Crippen LogP contribution in [0, 0.1) is 6.92 Å². The number of hydrogen-bond acceptors (Lipinski definition) is 3. The van der Waals surface area contributed by atoms with E-state index in [-0.39, 0.29) is 11.3 Å². The molecule has 0 aliphatic heterocycles. The lowest BCUT2D eigenvalue weighted by Crippen LogP contribution is -2.02. The van der Waals surface area contributed by atoms with E-state index < -0.39 is 5.97 Å². The van der Waals surface area contributed by atoms with Crippen LogP contribution in [0.3, 0.4) is 0 Å². The monoisotopic (exact) mass is 308 g/mol. The number of rotatable bonds is 3. The molecule has 18 heavy (non-hydrogen) atoms. The van der Waals surface area contributed by atoms with Gasteiger partial charge in [-0.25, -0.2) is 9.48 Å². The van der Waals surface area contributed by atoms with Crippen LogP contribution in [0.25, 0.3) is 5.69 Å². The number of aldehydes is 1. The molecule has 1 heterocycles. The molecule has 0 bridgehead atoms. The van der Waals surface area contributed by atoms with Gasteiger partial charge in [0, 0.05) is 10.7 Å². The van der Waals surface area contributed by atoms with Crippen LogP contribution in [-0.4, -0.2) is 27.1 Å². The SMILES string of the molecule is Cc1ccc(-n2cc(C=O)c(C(=O)O)n2)c(Br)c1. The van der Waals surface area contributed by atoms with E-state index in [0.29, 0.717) is 12.0 Å². The van der Waals surface area contributed by atoms with Crippen LogP contribution >= 0.6 is 15.9 Å². The van der Waals surface area contributed by atoms with Gasteiger partial charge in [0.15, 0.2) is 12.0 Å². The molecule has 0 spiro atoms. The van der Waals surface area contributed by atoms with Crippen molar-refractivity contribution in [2.24, 2.45) is 0 Å². The molecule has 2 aromatic rings. The van der Waals surface area contributed by atoms with Crippen molar-refractivity contribution in [1.82, 2.24) is 9.78 Å². The average Bonchev–Trinajstić information content (AvgIpc) is 2.73. The number of aryl methyl sites for hydroxylation is 1. The largest absolute Gasteiger partial charge is 0.476 e. The Morgan fingerprint density at radius 1 is 1.50 bits per heavy atom. The predicted octanol–water partition coefficient (Wildman–Crippen LogP) is 2.45. The molecule has 2 rings (SSSR count). The average molecular weight is 309 g/mol. The lowest BCUT2D eigenvalue weighted by atomic mass is 10.2. The summed E-state index contributed by atoms with van der Waals surface area (Å²) in [4.78, 5) is 21.7. The van der Waals surface area contributed by atoms with Gasteiger partial charge < -0.3 is 5.11 Å². The van der Waals surface area contributed by atoms with Crippen molar-refractivity contribution in [2.75, 3.05) is 0 Å². The van der Waals surface area contributed by atoms with Crippen molar-refractivity contribution in [2.45, 2.75) is 6.92 Å². The number of carbonyl (C=O) groups excluding carboxylic acids is 1. The second-order valence-corrected chi connectivity index (χ2v) is 4.61. The van der Waals surface area contributed by atoms with Crippen LogP contribution in [0.4, 0.5) is 0 Å². The highest BCUT2D eigenvalue weighted by molar-refractivity contribution is 9.10. The van der Waals surface area contributed by atoms with Crippen molar-refractivity contribution >= 4 is 28.2 Å². The summed E-state index contributed by atoms with van der Waals surface area (Å²) >= 11 is 3.38. The van der Waals surface area contributed by atoms with Gasteiger partial charge in [0.25, 0.3) is 0 Å². The minimum Gasteiger partial charge on any atom is -0.476 e. The molecule has 92 valence electrons. The molecule has 0 unspecified atom stereocenters. The summed E-state index contributed by atoms with van der Waals surface area (Å²) in [6.45, 7) is 1.94. The standard InChI is InChI=1S/C12H9BrN2O3/c1-7-2-3-10(9(13)4-7)15-5-8(6-16)11(14-15)12(17)18/h2-6H,1H3,(H,17,18). The summed E-state index contributed by atoms with van der Waals surface area (Å²) in [6.07, 6.45) is 1.88. The Morgan fingerprint density at radius 3 is 2.72 bits per heavy atom. The fourth-order valence-corrected chi connectivity index (χ4v) is 2.24. The maximum atomic E-state index is 10.9. The molecule has 0 atom stereocenters. The van der Waals surface area contributed by atoms with E-state index in [2.05, 4.69) is 21.0 Å². The van der Waals surface area contributed by atoms with Gasteiger partial charge >= 0.3 is 5.97 Å². The molecule has 5 nitrogen and oxygen atoms in total. The minimum absolute atomic E-state index is 0.0509. The third-order valence-electron chi connectivity index (χ3n) is 2.42. The first-order chi connectivity index (χ1) is 8.52. The van der Waals surface area contributed by atoms with Crippen molar-refractivity contribution < 1.29 is 14.7 Å².